The van der Waals surface area contributed by atoms with E-state index in [2.05, 4.69) is 11.4 Å². The van der Waals surface area contributed by atoms with E-state index in [1.165, 1.54) is 4.90 Å². The van der Waals surface area contributed by atoms with Crippen molar-refractivity contribution in [2.75, 3.05) is 12.8 Å². The van der Waals surface area contributed by atoms with Crippen LogP contribution in [0.5, 0.6) is 0 Å². The summed E-state index contributed by atoms with van der Waals surface area (Å²) in [5, 5.41) is 12.9. The van der Waals surface area contributed by atoms with E-state index in [4.69, 9.17) is 16.9 Å². The number of nitriles is 1. The molecule has 18 heavy (non-hydrogen) atoms. The normalized spacial score (nSPS) is 13.9. The van der Waals surface area contributed by atoms with Crippen LogP contribution in [0.4, 0.5) is 0 Å². The number of hydrogen-bond donors (Lipinski definition) is 1. The molecule has 98 valence electrons. The van der Waals surface area contributed by atoms with Crippen molar-refractivity contribution in [3.05, 3.63) is 29.3 Å². The number of rotatable bonds is 7. The third kappa shape index (κ3) is 5.30. The van der Waals surface area contributed by atoms with Crippen LogP contribution in [0, 0.1) is 11.3 Å². The summed E-state index contributed by atoms with van der Waals surface area (Å²) in [5.74, 6) is 1.08. The average Bonchev–Trinajstić information content (AvgIpc) is 2.40. The quantitative estimate of drug-likeness (QED) is 0.604. The Morgan fingerprint density at radius 1 is 1.33 bits per heavy atom. The smallest absolute Gasteiger partial charge is 0.103 e. The van der Waals surface area contributed by atoms with Gasteiger partial charge in [-0.2, -0.15) is 5.26 Å². The molecule has 1 N–H and O–H groups in total. The molecule has 0 saturated heterocycles. The monoisotopic (exact) mass is 282 g/mol. The first-order valence-corrected chi connectivity index (χ1v) is 7.44. The summed E-state index contributed by atoms with van der Waals surface area (Å²) < 4.78 is 0. The first kappa shape index (κ1) is 15.4. The standard InChI is InChI=1S/C14H19ClN2S/c1-14(11-16,17-2)9-3-4-10-18-13-7-5-12(15)6-8-13/h5-8,17H,3-4,9-10H2,1-2H3. The predicted octanol–water partition coefficient (Wildman–Crippen LogP) is 4.10. The minimum Gasteiger partial charge on any atom is -0.303 e. The molecular formula is C14H19ClN2S. The van der Waals surface area contributed by atoms with Crippen molar-refractivity contribution < 1.29 is 0 Å². The molecule has 0 bridgehead atoms. The zero-order valence-electron chi connectivity index (χ0n) is 10.9. The second kappa shape index (κ2) is 7.68. The zero-order valence-corrected chi connectivity index (χ0v) is 12.4. The first-order chi connectivity index (χ1) is 8.59. The van der Waals surface area contributed by atoms with E-state index in [-0.39, 0.29) is 5.54 Å². The van der Waals surface area contributed by atoms with E-state index in [0.717, 1.165) is 30.0 Å². The number of nitrogens with zero attached hydrogens (tertiary/aromatic N) is 1. The Morgan fingerprint density at radius 3 is 2.56 bits per heavy atom. The number of unbranched alkanes of at least 4 members (excludes halogenated alkanes) is 1. The lowest BCUT2D eigenvalue weighted by molar-refractivity contribution is 0.439. The van der Waals surface area contributed by atoms with E-state index >= 15 is 0 Å². The lowest BCUT2D eigenvalue weighted by Gasteiger charge is -2.20. The maximum atomic E-state index is 9.02. The van der Waals surface area contributed by atoms with Gasteiger partial charge in [-0.1, -0.05) is 11.6 Å². The van der Waals surface area contributed by atoms with Crippen LogP contribution in [-0.2, 0) is 0 Å². The van der Waals surface area contributed by atoms with Crippen LogP contribution < -0.4 is 5.32 Å². The number of thioether (sulfide) groups is 1. The Labute approximate surface area is 119 Å². The van der Waals surface area contributed by atoms with Gasteiger partial charge in [0.25, 0.3) is 0 Å². The maximum absolute atomic E-state index is 9.02. The summed E-state index contributed by atoms with van der Waals surface area (Å²) >= 11 is 7.66. The van der Waals surface area contributed by atoms with Crippen LogP contribution in [0.2, 0.25) is 5.02 Å². The van der Waals surface area contributed by atoms with Crippen LogP contribution in [0.15, 0.2) is 29.2 Å². The second-order valence-electron chi connectivity index (χ2n) is 4.45. The van der Waals surface area contributed by atoms with Gasteiger partial charge in [-0.15, -0.1) is 11.8 Å². The van der Waals surface area contributed by atoms with Crippen LogP contribution >= 0.6 is 23.4 Å². The van der Waals surface area contributed by atoms with Gasteiger partial charge in [-0.3, -0.25) is 0 Å². The van der Waals surface area contributed by atoms with Crippen LogP contribution in [-0.4, -0.2) is 18.3 Å². The Bertz CT molecular complexity index is 399. The van der Waals surface area contributed by atoms with Crippen molar-refractivity contribution in [2.24, 2.45) is 0 Å². The van der Waals surface area contributed by atoms with Gasteiger partial charge in [0.15, 0.2) is 0 Å². The number of benzene rings is 1. The van der Waals surface area contributed by atoms with Crippen molar-refractivity contribution in [3.8, 4) is 6.07 Å². The molecule has 0 fully saturated rings. The largest absolute Gasteiger partial charge is 0.303 e. The lowest BCUT2D eigenvalue weighted by Crippen LogP contribution is -2.37. The molecule has 0 aliphatic heterocycles. The summed E-state index contributed by atoms with van der Waals surface area (Å²) in [4.78, 5) is 1.25. The molecule has 1 unspecified atom stereocenters. The van der Waals surface area contributed by atoms with Gasteiger partial charge in [0.2, 0.25) is 0 Å². The summed E-state index contributed by atoms with van der Waals surface area (Å²) in [5.41, 5.74) is -0.384. The molecule has 4 heteroatoms. The minimum atomic E-state index is -0.384. The topological polar surface area (TPSA) is 35.8 Å². The van der Waals surface area contributed by atoms with Crippen molar-refractivity contribution >= 4 is 23.4 Å². The number of hydrogen-bond acceptors (Lipinski definition) is 3. The van der Waals surface area contributed by atoms with E-state index < -0.39 is 0 Å². The van der Waals surface area contributed by atoms with Crippen LogP contribution in [0.1, 0.15) is 26.2 Å². The highest BCUT2D eigenvalue weighted by atomic mass is 35.5. The Morgan fingerprint density at radius 2 is 2.00 bits per heavy atom. The fourth-order valence-corrected chi connectivity index (χ4v) is 2.58. The fraction of sp³-hybridized carbons (Fsp3) is 0.500. The zero-order chi connectivity index (χ0) is 13.4. The van der Waals surface area contributed by atoms with Crippen molar-refractivity contribution in [3.63, 3.8) is 0 Å². The first-order valence-electron chi connectivity index (χ1n) is 6.08. The second-order valence-corrected chi connectivity index (χ2v) is 6.06. The molecule has 0 aliphatic rings. The minimum absolute atomic E-state index is 0.384. The third-order valence-corrected chi connectivity index (χ3v) is 4.30. The van der Waals surface area contributed by atoms with Gasteiger partial charge >= 0.3 is 0 Å². The molecule has 0 spiro atoms. The summed E-state index contributed by atoms with van der Waals surface area (Å²) in [6, 6.07) is 10.2. The molecule has 0 radical (unpaired) electrons. The molecule has 0 aromatic heterocycles. The molecule has 2 nitrogen and oxygen atoms in total. The molecule has 1 aromatic carbocycles. The Hall–Kier alpha value is -0.690. The van der Waals surface area contributed by atoms with Gasteiger partial charge in [0.1, 0.15) is 5.54 Å². The maximum Gasteiger partial charge on any atom is 0.103 e. The van der Waals surface area contributed by atoms with Crippen LogP contribution in [0.25, 0.3) is 0 Å². The SMILES string of the molecule is CNC(C)(C#N)CCCCSc1ccc(Cl)cc1. The molecule has 1 aromatic rings. The lowest BCUT2D eigenvalue weighted by atomic mass is 9.97. The van der Waals surface area contributed by atoms with E-state index in [0.29, 0.717) is 0 Å². The van der Waals surface area contributed by atoms with E-state index in [1.54, 1.807) is 0 Å². The molecule has 0 saturated carbocycles. The summed E-state index contributed by atoms with van der Waals surface area (Å²) in [7, 11) is 1.84. The molecule has 0 heterocycles. The van der Waals surface area contributed by atoms with Crippen molar-refractivity contribution in [1.82, 2.24) is 5.32 Å². The van der Waals surface area contributed by atoms with Crippen molar-refractivity contribution in [1.29, 1.82) is 5.26 Å². The summed E-state index contributed by atoms with van der Waals surface area (Å²) in [6.07, 6.45) is 3.07. The predicted molar refractivity (Wildman–Crippen MR) is 79.1 cm³/mol. The summed E-state index contributed by atoms with van der Waals surface area (Å²) in [6.45, 7) is 1.94. The molecule has 1 atom stereocenters. The average molecular weight is 283 g/mol. The molecule has 0 amide bonds. The van der Waals surface area contributed by atoms with Gasteiger partial charge in [-0.05, 0) is 63.3 Å². The van der Waals surface area contributed by atoms with Crippen molar-refractivity contribution in [2.45, 2.75) is 36.6 Å². The number of halogens is 1. The fourth-order valence-electron chi connectivity index (χ4n) is 1.54. The van der Waals surface area contributed by atoms with Gasteiger partial charge in [0, 0.05) is 9.92 Å². The van der Waals surface area contributed by atoms with Gasteiger partial charge < -0.3 is 5.32 Å². The van der Waals surface area contributed by atoms with E-state index in [1.807, 2.05) is 50.0 Å². The molecule has 1 rings (SSSR count). The van der Waals surface area contributed by atoms with E-state index in [9.17, 15) is 0 Å². The highest BCUT2D eigenvalue weighted by Gasteiger charge is 2.19. The highest BCUT2D eigenvalue weighted by molar-refractivity contribution is 7.99. The number of nitrogens with one attached hydrogen (secondary N) is 1. The highest BCUT2D eigenvalue weighted by Crippen LogP contribution is 2.22. The Kier molecular flexibility index (Phi) is 6.56. The molecular weight excluding hydrogens is 264 g/mol. The molecule has 0 aliphatic carbocycles. The van der Waals surface area contributed by atoms with Crippen LogP contribution in [0.3, 0.4) is 0 Å². The Balaban J connectivity index is 2.20. The van der Waals surface area contributed by atoms with Gasteiger partial charge in [-0.25, -0.2) is 0 Å². The van der Waals surface area contributed by atoms with Gasteiger partial charge in [0.05, 0.1) is 6.07 Å². The third-order valence-electron chi connectivity index (χ3n) is 2.95.